The van der Waals surface area contributed by atoms with Gasteiger partial charge in [-0.05, 0) is 19.9 Å². The summed E-state index contributed by atoms with van der Waals surface area (Å²) in [6, 6.07) is -0.0451. The van der Waals surface area contributed by atoms with Crippen molar-refractivity contribution in [3.8, 4) is 0 Å². The number of rotatable bonds is 4. The van der Waals surface area contributed by atoms with E-state index in [0.717, 1.165) is 17.0 Å². The van der Waals surface area contributed by atoms with Gasteiger partial charge in [-0.2, -0.15) is 5.10 Å². The standard InChI is InChI=1S/C15H22N4O2/c1-6-12(20)16-8-11-7-13(21)18(4)15(11)14-9(2)17-19(5)10(14)3/h6,11,15H,1,7-8H2,2-5H3,(H,16,20)/t11-,15+/m0/s1. The van der Waals surface area contributed by atoms with Crippen LogP contribution in [0.3, 0.4) is 0 Å². The minimum absolute atomic E-state index is 0.0451. The molecule has 21 heavy (non-hydrogen) atoms. The number of amides is 2. The van der Waals surface area contributed by atoms with Gasteiger partial charge in [0.15, 0.2) is 0 Å². The van der Waals surface area contributed by atoms with Crippen LogP contribution in [-0.4, -0.2) is 40.1 Å². The first-order valence-corrected chi connectivity index (χ1v) is 7.02. The molecule has 1 aromatic rings. The van der Waals surface area contributed by atoms with Crippen molar-refractivity contribution in [1.29, 1.82) is 0 Å². The van der Waals surface area contributed by atoms with Crippen molar-refractivity contribution in [2.24, 2.45) is 13.0 Å². The first-order valence-electron chi connectivity index (χ1n) is 7.02. The SMILES string of the molecule is C=CC(=O)NC[C@@H]1CC(=O)N(C)[C@H]1c1c(C)nn(C)c1C. The van der Waals surface area contributed by atoms with Gasteiger partial charge in [-0.25, -0.2) is 0 Å². The summed E-state index contributed by atoms with van der Waals surface area (Å²) in [7, 11) is 3.71. The smallest absolute Gasteiger partial charge is 0.243 e. The Bertz CT molecular complexity index is 591. The molecule has 0 bridgehead atoms. The summed E-state index contributed by atoms with van der Waals surface area (Å²) >= 11 is 0. The van der Waals surface area contributed by atoms with Crippen LogP contribution in [0.4, 0.5) is 0 Å². The van der Waals surface area contributed by atoms with E-state index in [2.05, 4.69) is 17.0 Å². The Morgan fingerprint density at radius 3 is 2.67 bits per heavy atom. The molecule has 2 atom stereocenters. The Morgan fingerprint density at radius 1 is 1.48 bits per heavy atom. The maximum Gasteiger partial charge on any atom is 0.243 e. The minimum atomic E-state index is -0.213. The molecule has 1 saturated heterocycles. The maximum atomic E-state index is 12.1. The summed E-state index contributed by atoms with van der Waals surface area (Å²) in [4.78, 5) is 25.2. The van der Waals surface area contributed by atoms with E-state index in [1.807, 2.05) is 32.6 Å². The fourth-order valence-electron chi connectivity index (χ4n) is 3.09. The van der Waals surface area contributed by atoms with E-state index in [1.165, 1.54) is 6.08 Å². The number of carbonyl (C=O) groups excluding carboxylic acids is 2. The van der Waals surface area contributed by atoms with Crippen LogP contribution in [0.25, 0.3) is 0 Å². The molecule has 114 valence electrons. The van der Waals surface area contributed by atoms with Crippen molar-refractivity contribution in [1.82, 2.24) is 20.0 Å². The predicted molar refractivity (Wildman–Crippen MR) is 79.5 cm³/mol. The van der Waals surface area contributed by atoms with Gasteiger partial charge in [0.05, 0.1) is 11.7 Å². The zero-order valence-corrected chi connectivity index (χ0v) is 13.0. The molecule has 2 heterocycles. The normalized spacial score (nSPS) is 21.7. The van der Waals surface area contributed by atoms with Gasteiger partial charge in [0.1, 0.15) is 0 Å². The van der Waals surface area contributed by atoms with Crippen LogP contribution in [0, 0.1) is 19.8 Å². The number of hydrogen-bond acceptors (Lipinski definition) is 3. The molecule has 1 aliphatic rings. The van der Waals surface area contributed by atoms with E-state index in [0.29, 0.717) is 13.0 Å². The van der Waals surface area contributed by atoms with Crippen molar-refractivity contribution in [3.63, 3.8) is 0 Å². The highest BCUT2D eigenvalue weighted by atomic mass is 16.2. The molecular weight excluding hydrogens is 268 g/mol. The summed E-state index contributed by atoms with van der Waals surface area (Å²) in [5.41, 5.74) is 3.07. The van der Waals surface area contributed by atoms with Gasteiger partial charge in [-0.15, -0.1) is 0 Å². The molecule has 2 amide bonds. The molecule has 6 heteroatoms. The van der Waals surface area contributed by atoms with Gasteiger partial charge in [0.2, 0.25) is 11.8 Å². The Balaban J connectivity index is 2.30. The number of hydrogen-bond donors (Lipinski definition) is 1. The quantitative estimate of drug-likeness (QED) is 0.836. The summed E-state index contributed by atoms with van der Waals surface area (Å²) in [5.74, 6) is -0.0658. The molecule has 1 aliphatic heterocycles. The highest BCUT2D eigenvalue weighted by Crippen LogP contribution is 2.39. The molecule has 1 N–H and O–H groups in total. The Morgan fingerprint density at radius 2 is 2.14 bits per heavy atom. The van der Waals surface area contributed by atoms with Crippen molar-refractivity contribution < 1.29 is 9.59 Å². The second-order valence-electron chi connectivity index (χ2n) is 5.57. The monoisotopic (exact) mass is 290 g/mol. The van der Waals surface area contributed by atoms with Crippen LogP contribution in [0.5, 0.6) is 0 Å². The van der Waals surface area contributed by atoms with Crippen LogP contribution in [0.15, 0.2) is 12.7 Å². The molecule has 1 aromatic heterocycles. The lowest BCUT2D eigenvalue weighted by Crippen LogP contribution is -2.32. The molecule has 0 radical (unpaired) electrons. The zero-order chi connectivity index (χ0) is 15.7. The number of likely N-dealkylation sites (tertiary alicyclic amines) is 1. The van der Waals surface area contributed by atoms with E-state index >= 15 is 0 Å². The lowest BCUT2D eigenvalue weighted by atomic mass is 9.92. The first-order chi connectivity index (χ1) is 9.86. The van der Waals surface area contributed by atoms with Crippen molar-refractivity contribution in [2.75, 3.05) is 13.6 Å². The molecule has 6 nitrogen and oxygen atoms in total. The molecule has 2 rings (SSSR count). The van der Waals surface area contributed by atoms with Gasteiger partial charge >= 0.3 is 0 Å². The van der Waals surface area contributed by atoms with E-state index in [9.17, 15) is 9.59 Å². The Hall–Kier alpha value is -2.11. The minimum Gasteiger partial charge on any atom is -0.352 e. The molecule has 0 spiro atoms. The number of aryl methyl sites for hydroxylation is 2. The first kappa shape index (κ1) is 15.3. The number of carbonyl (C=O) groups is 2. The van der Waals surface area contributed by atoms with Crippen LogP contribution >= 0.6 is 0 Å². The van der Waals surface area contributed by atoms with Crippen LogP contribution in [-0.2, 0) is 16.6 Å². The Kier molecular flexibility index (Phi) is 4.16. The van der Waals surface area contributed by atoms with E-state index in [-0.39, 0.29) is 23.8 Å². The third kappa shape index (κ3) is 2.70. The molecule has 0 aromatic carbocycles. The zero-order valence-electron chi connectivity index (χ0n) is 13.0. The number of aromatic nitrogens is 2. The average molecular weight is 290 g/mol. The van der Waals surface area contributed by atoms with Crippen LogP contribution in [0.2, 0.25) is 0 Å². The van der Waals surface area contributed by atoms with Crippen molar-refractivity contribution in [3.05, 3.63) is 29.6 Å². The fraction of sp³-hybridized carbons (Fsp3) is 0.533. The largest absolute Gasteiger partial charge is 0.352 e. The lowest BCUT2D eigenvalue weighted by Gasteiger charge is -2.25. The van der Waals surface area contributed by atoms with E-state index in [4.69, 9.17) is 0 Å². The van der Waals surface area contributed by atoms with Gasteiger partial charge in [-0.1, -0.05) is 6.58 Å². The van der Waals surface area contributed by atoms with Gasteiger partial charge in [0.25, 0.3) is 0 Å². The van der Waals surface area contributed by atoms with Crippen molar-refractivity contribution in [2.45, 2.75) is 26.3 Å². The van der Waals surface area contributed by atoms with Crippen molar-refractivity contribution >= 4 is 11.8 Å². The highest BCUT2D eigenvalue weighted by Gasteiger charge is 2.40. The topological polar surface area (TPSA) is 67.2 Å². The van der Waals surface area contributed by atoms with Crippen LogP contribution < -0.4 is 5.32 Å². The fourth-order valence-corrected chi connectivity index (χ4v) is 3.09. The molecule has 0 unspecified atom stereocenters. The Labute approximate surface area is 124 Å². The molecule has 0 aliphatic carbocycles. The number of nitrogens with zero attached hydrogens (tertiary/aromatic N) is 3. The second-order valence-corrected chi connectivity index (χ2v) is 5.57. The predicted octanol–water partition coefficient (Wildman–Crippen LogP) is 0.859. The molecule has 0 saturated carbocycles. The highest BCUT2D eigenvalue weighted by molar-refractivity contribution is 5.87. The number of nitrogens with one attached hydrogen (secondary N) is 1. The maximum absolute atomic E-state index is 12.1. The van der Waals surface area contributed by atoms with E-state index in [1.54, 1.807) is 4.90 Å². The molecule has 1 fully saturated rings. The summed E-state index contributed by atoms with van der Waals surface area (Å²) < 4.78 is 1.83. The third-order valence-electron chi connectivity index (χ3n) is 4.28. The summed E-state index contributed by atoms with van der Waals surface area (Å²) in [6.07, 6.45) is 1.68. The second kappa shape index (κ2) is 5.71. The van der Waals surface area contributed by atoms with Gasteiger partial charge in [-0.3, -0.25) is 14.3 Å². The lowest BCUT2D eigenvalue weighted by molar-refractivity contribution is -0.127. The average Bonchev–Trinajstić information content (AvgIpc) is 2.85. The van der Waals surface area contributed by atoms with Gasteiger partial charge in [0, 0.05) is 44.2 Å². The third-order valence-corrected chi connectivity index (χ3v) is 4.28. The summed E-state index contributed by atoms with van der Waals surface area (Å²) in [5, 5.41) is 7.23. The molecular formula is C15H22N4O2. The van der Waals surface area contributed by atoms with Gasteiger partial charge < -0.3 is 10.2 Å². The van der Waals surface area contributed by atoms with E-state index < -0.39 is 0 Å². The van der Waals surface area contributed by atoms with Crippen LogP contribution in [0.1, 0.15) is 29.4 Å². The summed E-state index contributed by atoms with van der Waals surface area (Å²) in [6.45, 7) is 7.86.